The molecule has 0 bridgehead atoms. The third kappa shape index (κ3) is 3.32. The fourth-order valence-electron chi connectivity index (χ4n) is 1.63. The second-order valence-electron chi connectivity index (χ2n) is 4.61. The monoisotopic (exact) mass is 230 g/mol. The molecule has 1 aromatic rings. The van der Waals surface area contributed by atoms with Crippen LogP contribution in [0.4, 0.5) is 0 Å². The molecule has 0 heterocycles. The highest BCUT2D eigenvalue weighted by molar-refractivity contribution is 5.90. The highest BCUT2D eigenvalue weighted by Crippen LogP contribution is 2.19. The zero-order valence-corrected chi connectivity index (χ0v) is 10.8. The van der Waals surface area contributed by atoms with Crippen LogP contribution < -0.4 is 0 Å². The molecule has 0 N–H and O–H groups in total. The van der Waals surface area contributed by atoms with Crippen molar-refractivity contribution < 1.29 is 4.79 Å². The Balaban J connectivity index is 2.94. The average molecular weight is 230 g/mol. The van der Waals surface area contributed by atoms with E-state index in [-0.39, 0.29) is 0 Å². The maximum atomic E-state index is 11.2. The van der Waals surface area contributed by atoms with Crippen molar-refractivity contribution in [2.45, 2.75) is 33.2 Å². The summed E-state index contributed by atoms with van der Waals surface area (Å²) in [6.07, 6.45) is 0. The standard InChI is InChI=1S/C14H18N2O/c1-10(2)12-6-5-11(3)13(7-12)9-16(4)14(17)8-15/h5-7,10H,9H2,1-4H3. The van der Waals surface area contributed by atoms with Crippen LogP contribution in [0.1, 0.15) is 36.5 Å². The van der Waals surface area contributed by atoms with E-state index in [2.05, 4.69) is 32.0 Å². The van der Waals surface area contributed by atoms with Gasteiger partial charge in [-0.2, -0.15) is 5.26 Å². The number of rotatable bonds is 3. The van der Waals surface area contributed by atoms with Crippen LogP contribution in [0.25, 0.3) is 0 Å². The molecular weight excluding hydrogens is 212 g/mol. The molecule has 0 aliphatic carbocycles. The van der Waals surface area contributed by atoms with Gasteiger partial charge in [0.25, 0.3) is 0 Å². The lowest BCUT2D eigenvalue weighted by Crippen LogP contribution is -2.24. The molecule has 90 valence electrons. The second kappa shape index (κ2) is 5.49. The molecule has 3 heteroatoms. The zero-order chi connectivity index (χ0) is 13.0. The lowest BCUT2D eigenvalue weighted by Gasteiger charge is -2.17. The minimum absolute atomic E-state index is 0.464. The van der Waals surface area contributed by atoms with E-state index >= 15 is 0 Å². The normalized spacial score (nSPS) is 10.1. The van der Waals surface area contributed by atoms with Gasteiger partial charge in [0, 0.05) is 13.6 Å². The third-order valence-corrected chi connectivity index (χ3v) is 2.89. The topological polar surface area (TPSA) is 44.1 Å². The molecule has 0 spiro atoms. The van der Waals surface area contributed by atoms with Gasteiger partial charge in [-0.25, -0.2) is 0 Å². The number of hydrogen-bond acceptors (Lipinski definition) is 2. The van der Waals surface area contributed by atoms with Crippen molar-refractivity contribution in [1.29, 1.82) is 5.26 Å². The predicted molar refractivity (Wildman–Crippen MR) is 67.4 cm³/mol. The van der Waals surface area contributed by atoms with E-state index in [1.54, 1.807) is 13.1 Å². The van der Waals surface area contributed by atoms with E-state index in [1.807, 2.05) is 6.92 Å². The number of nitriles is 1. The number of aryl methyl sites for hydroxylation is 1. The Kier molecular flexibility index (Phi) is 4.28. The maximum Gasteiger partial charge on any atom is 0.325 e. The van der Waals surface area contributed by atoms with Gasteiger partial charge in [0.2, 0.25) is 0 Å². The van der Waals surface area contributed by atoms with E-state index in [0.29, 0.717) is 12.5 Å². The molecule has 0 atom stereocenters. The zero-order valence-electron chi connectivity index (χ0n) is 10.8. The van der Waals surface area contributed by atoms with Gasteiger partial charge in [-0.1, -0.05) is 32.0 Å². The third-order valence-electron chi connectivity index (χ3n) is 2.89. The molecule has 1 rings (SSSR count). The van der Waals surface area contributed by atoms with Gasteiger partial charge in [0.05, 0.1) is 0 Å². The Hall–Kier alpha value is -1.82. The van der Waals surface area contributed by atoms with Gasteiger partial charge in [-0.05, 0) is 29.5 Å². The molecule has 17 heavy (non-hydrogen) atoms. The molecule has 0 radical (unpaired) electrons. The fraction of sp³-hybridized carbons (Fsp3) is 0.429. The minimum Gasteiger partial charge on any atom is -0.329 e. The number of benzene rings is 1. The maximum absolute atomic E-state index is 11.2. The fourth-order valence-corrected chi connectivity index (χ4v) is 1.63. The summed E-state index contributed by atoms with van der Waals surface area (Å²) < 4.78 is 0. The SMILES string of the molecule is Cc1ccc(C(C)C)cc1CN(C)C(=O)C#N. The molecule has 0 aliphatic rings. The van der Waals surface area contributed by atoms with Crippen molar-refractivity contribution in [2.75, 3.05) is 7.05 Å². The van der Waals surface area contributed by atoms with E-state index in [4.69, 9.17) is 5.26 Å². The van der Waals surface area contributed by atoms with E-state index < -0.39 is 5.91 Å². The van der Waals surface area contributed by atoms with Crippen LogP contribution in [-0.4, -0.2) is 17.9 Å². The van der Waals surface area contributed by atoms with Gasteiger partial charge in [0.1, 0.15) is 0 Å². The lowest BCUT2D eigenvalue weighted by molar-refractivity contribution is -0.124. The molecule has 1 amide bonds. The van der Waals surface area contributed by atoms with Gasteiger partial charge < -0.3 is 4.90 Å². The Morgan fingerprint density at radius 3 is 2.65 bits per heavy atom. The molecule has 0 aromatic heterocycles. The Labute approximate surface area is 103 Å². The molecule has 0 fully saturated rings. The Bertz CT molecular complexity index is 458. The number of nitrogens with zero attached hydrogens (tertiary/aromatic N) is 2. The predicted octanol–water partition coefficient (Wildman–Crippen LogP) is 2.60. The van der Waals surface area contributed by atoms with E-state index in [0.717, 1.165) is 11.1 Å². The molecule has 3 nitrogen and oxygen atoms in total. The highest BCUT2D eigenvalue weighted by Gasteiger charge is 2.10. The minimum atomic E-state index is -0.501. The van der Waals surface area contributed by atoms with Gasteiger partial charge >= 0.3 is 5.91 Å². The number of carbonyl (C=O) groups is 1. The number of amides is 1. The Morgan fingerprint density at radius 2 is 2.12 bits per heavy atom. The van der Waals surface area contributed by atoms with Crippen molar-refractivity contribution in [1.82, 2.24) is 4.90 Å². The van der Waals surface area contributed by atoms with Gasteiger partial charge in [-0.3, -0.25) is 4.79 Å². The summed E-state index contributed by atoms with van der Waals surface area (Å²) >= 11 is 0. The molecule has 0 unspecified atom stereocenters. The highest BCUT2D eigenvalue weighted by atomic mass is 16.2. The number of carbonyl (C=O) groups excluding carboxylic acids is 1. The van der Waals surface area contributed by atoms with Crippen LogP contribution >= 0.6 is 0 Å². The van der Waals surface area contributed by atoms with Crippen LogP contribution in [0.15, 0.2) is 18.2 Å². The molecule has 0 saturated heterocycles. The van der Waals surface area contributed by atoms with Crippen molar-refractivity contribution in [2.24, 2.45) is 0 Å². The van der Waals surface area contributed by atoms with E-state index in [1.165, 1.54) is 10.5 Å². The summed E-state index contributed by atoms with van der Waals surface area (Å²) in [5, 5.41) is 8.55. The van der Waals surface area contributed by atoms with Crippen LogP contribution in [0.5, 0.6) is 0 Å². The van der Waals surface area contributed by atoms with E-state index in [9.17, 15) is 4.79 Å². The molecular formula is C14H18N2O. The summed E-state index contributed by atoms with van der Waals surface area (Å²) in [5.74, 6) is -0.0364. The molecule has 1 aromatic carbocycles. The van der Waals surface area contributed by atoms with Crippen LogP contribution in [0, 0.1) is 18.3 Å². The number of hydrogen-bond donors (Lipinski definition) is 0. The summed E-state index contributed by atoms with van der Waals surface area (Å²) in [7, 11) is 1.65. The largest absolute Gasteiger partial charge is 0.329 e. The molecule has 0 aliphatic heterocycles. The summed E-state index contributed by atoms with van der Waals surface area (Å²) in [4.78, 5) is 12.6. The first-order valence-electron chi connectivity index (χ1n) is 5.70. The van der Waals surface area contributed by atoms with Crippen LogP contribution in [0.2, 0.25) is 0 Å². The first-order valence-corrected chi connectivity index (χ1v) is 5.70. The quantitative estimate of drug-likeness (QED) is 0.749. The van der Waals surface area contributed by atoms with Crippen molar-refractivity contribution in [3.05, 3.63) is 34.9 Å². The molecule has 0 saturated carbocycles. The summed E-state index contributed by atoms with van der Waals surface area (Å²) in [5.41, 5.74) is 3.50. The second-order valence-corrected chi connectivity index (χ2v) is 4.61. The van der Waals surface area contributed by atoms with Crippen molar-refractivity contribution in [3.8, 4) is 6.07 Å². The summed E-state index contributed by atoms with van der Waals surface area (Å²) in [6, 6.07) is 7.91. The average Bonchev–Trinajstić information content (AvgIpc) is 2.30. The Morgan fingerprint density at radius 1 is 1.47 bits per heavy atom. The van der Waals surface area contributed by atoms with Crippen molar-refractivity contribution in [3.63, 3.8) is 0 Å². The van der Waals surface area contributed by atoms with Crippen LogP contribution in [-0.2, 0) is 11.3 Å². The first-order chi connectivity index (χ1) is 7.95. The van der Waals surface area contributed by atoms with Gasteiger partial charge in [0.15, 0.2) is 6.07 Å². The first kappa shape index (κ1) is 13.2. The summed E-state index contributed by atoms with van der Waals surface area (Å²) in [6.45, 7) is 6.78. The van der Waals surface area contributed by atoms with Gasteiger partial charge in [-0.15, -0.1) is 0 Å². The van der Waals surface area contributed by atoms with Crippen molar-refractivity contribution >= 4 is 5.91 Å². The van der Waals surface area contributed by atoms with Crippen LogP contribution in [0.3, 0.4) is 0 Å². The lowest BCUT2D eigenvalue weighted by atomic mass is 9.97. The smallest absolute Gasteiger partial charge is 0.325 e.